The van der Waals surface area contributed by atoms with E-state index in [4.69, 9.17) is 21.1 Å². The van der Waals surface area contributed by atoms with Gasteiger partial charge in [0.25, 0.3) is 5.91 Å². The second-order valence-corrected chi connectivity index (χ2v) is 7.30. The Morgan fingerprint density at radius 2 is 1.70 bits per heavy atom. The molecular formula is C22H16BrClN2O4. The van der Waals surface area contributed by atoms with Gasteiger partial charge in [-0.25, -0.2) is 10.2 Å². The number of para-hydroxylation sites is 1. The van der Waals surface area contributed by atoms with E-state index in [9.17, 15) is 9.59 Å². The first-order valence-electron chi connectivity index (χ1n) is 8.78. The normalized spacial score (nSPS) is 10.6. The minimum absolute atomic E-state index is 0.216. The topological polar surface area (TPSA) is 77.0 Å². The number of carbonyl (C=O) groups is 2. The molecular weight excluding hydrogens is 472 g/mol. The van der Waals surface area contributed by atoms with Gasteiger partial charge in [0.2, 0.25) is 0 Å². The summed E-state index contributed by atoms with van der Waals surface area (Å²) < 4.78 is 11.5. The van der Waals surface area contributed by atoms with Crippen molar-refractivity contribution in [3.63, 3.8) is 0 Å². The highest BCUT2D eigenvalue weighted by Crippen LogP contribution is 2.22. The van der Waals surface area contributed by atoms with Crippen LogP contribution >= 0.6 is 27.5 Å². The smallest absolute Gasteiger partial charge is 0.343 e. The molecule has 0 spiro atoms. The summed E-state index contributed by atoms with van der Waals surface area (Å²) in [5.41, 5.74) is 3.53. The highest BCUT2D eigenvalue weighted by atomic mass is 79.9. The van der Waals surface area contributed by atoms with Gasteiger partial charge in [0, 0.05) is 4.47 Å². The molecule has 1 N–H and O–H groups in total. The van der Waals surface area contributed by atoms with Gasteiger partial charge in [-0.05, 0) is 66.2 Å². The molecule has 0 radical (unpaired) electrons. The Bertz CT molecular complexity index is 1050. The van der Waals surface area contributed by atoms with E-state index in [1.807, 2.05) is 0 Å². The zero-order chi connectivity index (χ0) is 21.3. The van der Waals surface area contributed by atoms with E-state index in [0.29, 0.717) is 27.6 Å². The predicted octanol–water partition coefficient (Wildman–Crippen LogP) is 4.85. The standard InChI is InChI=1S/C22H16BrClN2O4/c23-17-9-7-16(8-10-17)22(28)30-18-11-5-15(6-12-18)13-25-26-21(27)14-29-20-4-2-1-3-19(20)24/h1-13H,14H2,(H,26,27). The second-order valence-electron chi connectivity index (χ2n) is 5.98. The number of ether oxygens (including phenoxy) is 2. The number of hydrazone groups is 1. The first-order chi connectivity index (χ1) is 14.5. The number of nitrogens with one attached hydrogen (secondary N) is 1. The van der Waals surface area contributed by atoms with Crippen molar-refractivity contribution in [1.82, 2.24) is 5.43 Å². The molecule has 0 atom stereocenters. The highest BCUT2D eigenvalue weighted by molar-refractivity contribution is 9.10. The van der Waals surface area contributed by atoms with Gasteiger partial charge in [-0.1, -0.05) is 39.7 Å². The number of nitrogens with zero attached hydrogens (tertiary/aromatic N) is 1. The molecule has 30 heavy (non-hydrogen) atoms. The molecule has 0 fully saturated rings. The third-order valence-electron chi connectivity index (χ3n) is 3.77. The Hall–Kier alpha value is -3.16. The second kappa shape index (κ2) is 10.6. The summed E-state index contributed by atoms with van der Waals surface area (Å²) in [6.07, 6.45) is 1.47. The molecule has 3 aromatic rings. The minimum Gasteiger partial charge on any atom is -0.482 e. The lowest BCUT2D eigenvalue weighted by Gasteiger charge is -2.06. The van der Waals surface area contributed by atoms with Crippen LogP contribution < -0.4 is 14.9 Å². The van der Waals surface area contributed by atoms with Crippen LogP contribution in [0.2, 0.25) is 5.02 Å². The average Bonchev–Trinajstić information content (AvgIpc) is 2.75. The van der Waals surface area contributed by atoms with Crippen LogP contribution in [0.3, 0.4) is 0 Å². The van der Waals surface area contributed by atoms with Crippen molar-refractivity contribution in [2.75, 3.05) is 6.61 Å². The number of hydrogen-bond donors (Lipinski definition) is 1. The molecule has 8 heteroatoms. The lowest BCUT2D eigenvalue weighted by molar-refractivity contribution is -0.123. The molecule has 152 valence electrons. The molecule has 1 amide bonds. The zero-order valence-electron chi connectivity index (χ0n) is 15.5. The third kappa shape index (κ3) is 6.43. The molecule has 0 saturated heterocycles. The zero-order valence-corrected chi connectivity index (χ0v) is 17.9. The lowest BCUT2D eigenvalue weighted by atomic mass is 10.2. The largest absolute Gasteiger partial charge is 0.482 e. The fraction of sp³-hybridized carbons (Fsp3) is 0.0455. The number of carbonyl (C=O) groups excluding carboxylic acids is 2. The van der Waals surface area contributed by atoms with Crippen LogP contribution in [0.5, 0.6) is 11.5 Å². The number of halogens is 2. The fourth-order valence-electron chi connectivity index (χ4n) is 2.29. The molecule has 0 heterocycles. The molecule has 0 aliphatic rings. The Morgan fingerprint density at radius 3 is 2.40 bits per heavy atom. The summed E-state index contributed by atoms with van der Waals surface area (Å²) in [6, 6.07) is 20.5. The van der Waals surface area contributed by atoms with Gasteiger partial charge in [-0.2, -0.15) is 5.10 Å². The van der Waals surface area contributed by atoms with Crippen molar-refractivity contribution in [3.8, 4) is 11.5 Å². The van der Waals surface area contributed by atoms with Gasteiger partial charge in [0.15, 0.2) is 6.61 Å². The number of benzene rings is 3. The number of esters is 1. The van der Waals surface area contributed by atoms with Crippen LogP contribution in [0.15, 0.2) is 82.4 Å². The van der Waals surface area contributed by atoms with Crippen molar-refractivity contribution >= 4 is 45.6 Å². The van der Waals surface area contributed by atoms with E-state index < -0.39 is 11.9 Å². The monoisotopic (exact) mass is 486 g/mol. The minimum atomic E-state index is -0.449. The van der Waals surface area contributed by atoms with E-state index >= 15 is 0 Å². The van der Waals surface area contributed by atoms with Gasteiger partial charge >= 0.3 is 5.97 Å². The van der Waals surface area contributed by atoms with Crippen molar-refractivity contribution in [2.45, 2.75) is 0 Å². The Kier molecular flexibility index (Phi) is 7.59. The quantitative estimate of drug-likeness (QED) is 0.224. The van der Waals surface area contributed by atoms with Crippen molar-refractivity contribution in [3.05, 3.63) is 93.4 Å². The van der Waals surface area contributed by atoms with E-state index in [0.717, 1.165) is 4.47 Å². The van der Waals surface area contributed by atoms with Gasteiger partial charge in [-0.15, -0.1) is 0 Å². The Labute approximate surface area is 186 Å². The van der Waals surface area contributed by atoms with E-state index in [1.54, 1.807) is 72.8 Å². The number of amides is 1. The molecule has 0 saturated carbocycles. The number of hydrogen-bond acceptors (Lipinski definition) is 5. The molecule has 0 aromatic heterocycles. The number of rotatable bonds is 7. The maximum Gasteiger partial charge on any atom is 0.343 e. The van der Waals surface area contributed by atoms with E-state index in [1.165, 1.54) is 6.21 Å². The first-order valence-corrected chi connectivity index (χ1v) is 9.95. The van der Waals surface area contributed by atoms with Crippen LogP contribution in [0, 0.1) is 0 Å². The van der Waals surface area contributed by atoms with Gasteiger partial charge in [-0.3, -0.25) is 4.79 Å². The van der Waals surface area contributed by atoms with Gasteiger partial charge < -0.3 is 9.47 Å². The van der Waals surface area contributed by atoms with E-state index in [2.05, 4.69) is 26.5 Å². The Morgan fingerprint density at radius 1 is 1.00 bits per heavy atom. The molecule has 0 bridgehead atoms. The van der Waals surface area contributed by atoms with E-state index in [-0.39, 0.29) is 6.61 Å². The Balaban J connectivity index is 1.47. The fourth-order valence-corrected chi connectivity index (χ4v) is 2.74. The van der Waals surface area contributed by atoms with Crippen molar-refractivity contribution in [1.29, 1.82) is 0 Å². The summed E-state index contributed by atoms with van der Waals surface area (Å²) in [5, 5.41) is 4.30. The molecule has 3 rings (SSSR count). The highest BCUT2D eigenvalue weighted by Gasteiger charge is 2.08. The van der Waals surface area contributed by atoms with Crippen molar-refractivity contribution < 1.29 is 19.1 Å². The van der Waals surface area contributed by atoms with Gasteiger partial charge in [0.05, 0.1) is 16.8 Å². The van der Waals surface area contributed by atoms with Crippen LogP contribution in [0.1, 0.15) is 15.9 Å². The summed E-state index contributed by atoms with van der Waals surface area (Å²) in [5.74, 6) is -0.0512. The molecule has 6 nitrogen and oxygen atoms in total. The average molecular weight is 488 g/mol. The molecule has 0 aliphatic carbocycles. The third-order valence-corrected chi connectivity index (χ3v) is 4.61. The first kappa shape index (κ1) is 21.5. The van der Waals surface area contributed by atoms with Crippen molar-refractivity contribution in [2.24, 2.45) is 5.10 Å². The molecule has 0 unspecified atom stereocenters. The lowest BCUT2D eigenvalue weighted by Crippen LogP contribution is -2.24. The molecule has 0 aliphatic heterocycles. The SMILES string of the molecule is O=C(COc1ccccc1Cl)NN=Cc1ccc(OC(=O)c2ccc(Br)cc2)cc1. The van der Waals surface area contributed by atoms with Crippen LogP contribution in [0.4, 0.5) is 0 Å². The van der Waals surface area contributed by atoms with Gasteiger partial charge in [0.1, 0.15) is 11.5 Å². The maximum atomic E-state index is 12.1. The van der Waals surface area contributed by atoms with Crippen LogP contribution in [-0.4, -0.2) is 24.7 Å². The summed E-state index contributed by atoms with van der Waals surface area (Å²) >= 11 is 9.28. The summed E-state index contributed by atoms with van der Waals surface area (Å²) in [7, 11) is 0. The molecule has 3 aromatic carbocycles. The summed E-state index contributed by atoms with van der Waals surface area (Å²) in [4.78, 5) is 23.9. The van der Waals surface area contributed by atoms with Crippen LogP contribution in [0.25, 0.3) is 0 Å². The predicted molar refractivity (Wildman–Crippen MR) is 118 cm³/mol. The van der Waals surface area contributed by atoms with Crippen LogP contribution in [-0.2, 0) is 4.79 Å². The summed E-state index contributed by atoms with van der Waals surface area (Å²) in [6.45, 7) is -0.216. The maximum absolute atomic E-state index is 12.1.